The predicted octanol–water partition coefficient (Wildman–Crippen LogP) is 3.55. The minimum Gasteiger partial charge on any atom is -0.465 e. The van der Waals surface area contributed by atoms with Crippen molar-refractivity contribution in [3.05, 3.63) is 0 Å². The molecule has 4 bridgehead atoms. The van der Waals surface area contributed by atoms with Crippen LogP contribution in [-0.2, 0) is 23.8 Å². The van der Waals surface area contributed by atoms with Crippen molar-refractivity contribution in [3.63, 3.8) is 0 Å². The van der Waals surface area contributed by atoms with Crippen molar-refractivity contribution in [1.82, 2.24) is 4.90 Å². The van der Waals surface area contributed by atoms with Gasteiger partial charge in [0.15, 0.2) is 0 Å². The van der Waals surface area contributed by atoms with Gasteiger partial charge in [0.1, 0.15) is 16.4 Å². The van der Waals surface area contributed by atoms with Gasteiger partial charge in [-0.25, -0.2) is 4.79 Å². The summed E-state index contributed by atoms with van der Waals surface area (Å²) >= 11 is 0. The van der Waals surface area contributed by atoms with Gasteiger partial charge in [0.25, 0.3) is 0 Å². The van der Waals surface area contributed by atoms with Gasteiger partial charge in [-0.1, -0.05) is 0 Å². The Balaban J connectivity index is 1.54. The van der Waals surface area contributed by atoms with Crippen molar-refractivity contribution < 1.29 is 28.6 Å². The molecule has 0 unspecified atom stereocenters. The van der Waals surface area contributed by atoms with Crippen LogP contribution in [0.3, 0.4) is 0 Å². The third kappa shape index (κ3) is 3.28. The van der Waals surface area contributed by atoms with Crippen LogP contribution in [0.4, 0.5) is 4.79 Å². The van der Waals surface area contributed by atoms with Gasteiger partial charge < -0.3 is 19.1 Å². The maximum Gasteiger partial charge on any atom is 0.410 e. The van der Waals surface area contributed by atoms with E-state index in [1.165, 1.54) is 24.2 Å². The van der Waals surface area contributed by atoms with E-state index in [4.69, 9.17) is 14.2 Å². The molecule has 4 aliphatic carbocycles. The zero-order valence-electron chi connectivity index (χ0n) is 18.7. The molecule has 1 heterocycles. The maximum absolute atomic E-state index is 13.3. The molecule has 1 amide bonds. The number of ether oxygens (including phenoxy) is 3. The number of esters is 2. The topological polar surface area (TPSA) is 82.1 Å². The average molecular weight is 422 g/mol. The fourth-order valence-corrected chi connectivity index (χ4v) is 6.86. The first kappa shape index (κ1) is 21.4. The minimum atomic E-state index is -1.18. The van der Waals surface area contributed by atoms with E-state index in [0.717, 1.165) is 19.3 Å². The quantitative estimate of drug-likeness (QED) is 0.499. The number of nitrogens with zero attached hydrogens (tertiary/aromatic N) is 1. The molecule has 7 heteroatoms. The second kappa shape index (κ2) is 7.41. The minimum absolute atomic E-state index is 0.0896. The Kier molecular flexibility index (Phi) is 5.30. The molecule has 1 saturated heterocycles. The van der Waals surface area contributed by atoms with E-state index < -0.39 is 28.9 Å². The van der Waals surface area contributed by atoms with Crippen molar-refractivity contribution >= 4 is 18.0 Å². The molecular weight excluding hydrogens is 386 g/mol. The van der Waals surface area contributed by atoms with Crippen molar-refractivity contribution in [1.29, 1.82) is 0 Å². The zero-order chi connectivity index (χ0) is 21.7. The van der Waals surface area contributed by atoms with E-state index in [1.54, 1.807) is 27.7 Å². The van der Waals surface area contributed by atoms with Crippen LogP contribution in [0, 0.1) is 28.6 Å². The van der Waals surface area contributed by atoms with Gasteiger partial charge in [-0.15, -0.1) is 0 Å². The lowest BCUT2D eigenvalue weighted by Gasteiger charge is -2.55. The van der Waals surface area contributed by atoms with Gasteiger partial charge in [-0.2, -0.15) is 0 Å². The van der Waals surface area contributed by atoms with Gasteiger partial charge in [-0.05, 0) is 84.0 Å². The second-order valence-electron chi connectivity index (χ2n) is 10.4. The van der Waals surface area contributed by atoms with Crippen molar-refractivity contribution in [2.75, 3.05) is 26.3 Å². The monoisotopic (exact) mass is 421 g/mol. The molecule has 0 spiro atoms. The lowest BCUT2D eigenvalue weighted by molar-refractivity contribution is -0.173. The Morgan fingerprint density at radius 3 is 1.57 bits per heavy atom. The Morgan fingerprint density at radius 2 is 1.20 bits per heavy atom. The molecule has 4 saturated carbocycles. The lowest BCUT2D eigenvalue weighted by atomic mass is 9.54. The van der Waals surface area contributed by atoms with Crippen molar-refractivity contribution in [2.45, 2.75) is 71.8 Å². The van der Waals surface area contributed by atoms with E-state index in [-0.39, 0.29) is 31.9 Å². The van der Waals surface area contributed by atoms with E-state index in [2.05, 4.69) is 0 Å². The summed E-state index contributed by atoms with van der Waals surface area (Å²) in [6.45, 7) is 7.46. The molecular formula is C23H35NO6. The van der Waals surface area contributed by atoms with Crippen LogP contribution in [0.15, 0.2) is 0 Å². The first-order valence-corrected chi connectivity index (χ1v) is 11.5. The third-order valence-electron chi connectivity index (χ3n) is 8.23. The van der Waals surface area contributed by atoms with E-state index in [0.29, 0.717) is 17.8 Å². The summed E-state index contributed by atoms with van der Waals surface area (Å²) in [6, 6.07) is 0. The zero-order valence-corrected chi connectivity index (χ0v) is 18.7. The Morgan fingerprint density at radius 1 is 0.800 bits per heavy atom. The van der Waals surface area contributed by atoms with Crippen molar-refractivity contribution in [2.24, 2.45) is 28.6 Å². The summed E-state index contributed by atoms with van der Waals surface area (Å²) in [7, 11) is 0. The number of hydrogen-bond acceptors (Lipinski definition) is 6. The van der Waals surface area contributed by atoms with Gasteiger partial charge in [0, 0.05) is 13.1 Å². The summed E-state index contributed by atoms with van der Waals surface area (Å²) in [6.07, 6.45) is 6.22. The van der Waals surface area contributed by atoms with Gasteiger partial charge in [0.2, 0.25) is 0 Å². The molecule has 1 aliphatic heterocycles. The molecule has 168 valence electrons. The van der Waals surface area contributed by atoms with Gasteiger partial charge >= 0.3 is 18.0 Å². The highest BCUT2D eigenvalue weighted by Gasteiger charge is 2.64. The van der Waals surface area contributed by atoms with E-state index in [9.17, 15) is 14.4 Å². The molecule has 5 aliphatic rings. The Labute approximate surface area is 178 Å². The third-order valence-corrected chi connectivity index (χ3v) is 8.23. The molecule has 0 aromatic rings. The van der Waals surface area contributed by atoms with Gasteiger partial charge in [0.05, 0.1) is 13.2 Å². The van der Waals surface area contributed by atoms with Crippen LogP contribution in [0.1, 0.15) is 66.2 Å². The maximum atomic E-state index is 13.3. The first-order chi connectivity index (χ1) is 14.1. The molecule has 5 rings (SSSR count). The second-order valence-corrected chi connectivity index (χ2v) is 10.4. The van der Waals surface area contributed by atoms with Crippen LogP contribution < -0.4 is 0 Å². The Bertz CT molecular complexity index is 668. The van der Waals surface area contributed by atoms with Crippen LogP contribution in [-0.4, -0.2) is 54.8 Å². The number of likely N-dealkylation sites (tertiary alicyclic amines) is 1. The van der Waals surface area contributed by atoms with Crippen molar-refractivity contribution in [3.8, 4) is 0 Å². The fraction of sp³-hybridized carbons (Fsp3) is 0.870. The van der Waals surface area contributed by atoms with Crippen LogP contribution in [0.25, 0.3) is 0 Å². The fourth-order valence-electron chi connectivity index (χ4n) is 6.86. The summed E-state index contributed by atoms with van der Waals surface area (Å²) in [5.41, 5.74) is -2.74. The highest BCUT2D eigenvalue weighted by molar-refractivity contribution is 5.90. The Hall–Kier alpha value is -1.79. The standard InChI is InChI=1S/C23H35NO6/c1-5-28-18(25)21(3)13-24(14-22(21,4)19(26)29-6-2)20(27)30-23-10-15-7-16(11-23)9-17(8-15)12-23/h15-17H,5-14H2,1-4H3/t15?,16?,17?,21-,22+,23?. The normalized spacial score (nSPS) is 41.6. The number of carbonyl (C=O) groups excluding carboxylic acids is 3. The molecule has 7 nitrogen and oxygen atoms in total. The number of hydrogen-bond donors (Lipinski definition) is 0. The molecule has 0 N–H and O–H groups in total. The highest BCUT2D eigenvalue weighted by Crippen LogP contribution is 2.57. The van der Waals surface area contributed by atoms with E-state index >= 15 is 0 Å². The smallest absolute Gasteiger partial charge is 0.410 e. The number of carbonyl (C=O) groups is 3. The molecule has 0 radical (unpaired) electrons. The molecule has 30 heavy (non-hydrogen) atoms. The van der Waals surface area contributed by atoms with Gasteiger partial charge in [-0.3, -0.25) is 9.59 Å². The SMILES string of the molecule is CCOC(=O)[C@]1(C)CN(C(=O)OC23CC4CC(CC(C4)C2)C3)C[C@]1(C)C(=O)OCC. The molecule has 0 aromatic carbocycles. The number of rotatable bonds is 5. The number of amides is 1. The van der Waals surface area contributed by atoms with Crippen LogP contribution >= 0.6 is 0 Å². The molecule has 5 fully saturated rings. The highest BCUT2D eigenvalue weighted by atomic mass is 16.6. The summed E-state index contributed by atoms with van der Waals surface area (Å²) < 4.78 is 16.8. The first-order valence-electron chi connectivity index (χ1n) is 11.5. The van der Waals surface area contributed by atoms with E-state index in [1.807, 2.05) is 0 Å². The largest absolute Gasteiger partial charge is 0.465 e. The summed E-state index contributed by atoms with van der Waals surface area (Å²) in [5.74, 6) is 1.03. The van der Waals surface area contributed by atoms with Crippen LogP contribution in [0.5, 0.6) is 0 Å². The average Bonchev–Trinajstić information content (AvgIpc) is 2.94. The lowest BCUT2D eigenvalue weighted by Crippen LogP contribution is -2.54. The summed E-state index contributed by atoms with van der Waals surface area (Å²) in [5, 5.41) is 0. The molecule has 0 aromatic heterocycles. The van der Waals surface area contributed by atoms with Crippen LogP contribution in [0.2, 0.25) is 0 Å². The molecule has 2 atom stereocenters. The summed E-state index contributed by atoms with van der Waals surface area (Å²) in [4.78, 5) is 40.5. The predicted molar refractivity (Wildman–Crippen MR) is 108 cm³/mol.